The number of pyridine rings is 2. The van der Waals surface area contributed by atoms with Gasteiger partial charge in [0.05, 0.1) is 30.8 Å². The van der Waals surface area contributed by atoms with E-state index in [1.54, 1.807) is 6.07 Å². The van der Waals surface area contributed by atoms with Gasteiger partial charge in [0.25, 0.3) is 5.88 Å². The largest absolute Gasteiger partial charge is 0.478 e. The fourth-order valence-corrected chi connectivity index (χ4v) is 3.96. The number of aromatic nitrogens is 4. The average Bonchev–Trinajstić information content (AvgIpc) is 3.31. The number of methoxy groups -OCH3 is 1. The van der Waals surface area contributed by atoms with Gasteiger partial charge >= 0.3 is 12.4 Å². The summed E-state index contributed by atoms with van der Waals surface area (Å²) in [5.41, 5.74) is -4.00. The van der Waals surface area contributed by atoms with E-state index in [1.165, 1.54) is 48.4 Å². The van der Waals surface area contributed by atoms with Crippen molar-refractivity contribution in [3.8, 4) is 17.7 Å². The second-order valence-electron chi connectivity index (χ2n) is 8.10. The number of nitrogens with zero attached hydrogens (tertiary/aromatic N) is 5. The average molecular weight is 537 g/mol. The van der Waals surface area contributed by atoms with Crippen molar-refractivity contribution in [2.24, 2.45) is 7.05 Å². The Morgan fingerprint density at radius 1 is 1.08 bits per heavy atom. The lowest BCUT2D eigenvalue weighted by molar-refractivity contribution is -0.153. The third-order valence-electron chi connectivity index (χ3n) is 5.67. The second kappa shape index (κ2) is 9.49. The maximum atomic E-state index is 13.4. The van der Waals surface area contributed by atoms with E-state index in [-0.39, 0.29) is 39.2 Å². The number of hydrogen-bond acceptors (Lipinski definition) is 7. The molecule has 1 aromatic carbocycles. The lowest BCUT2D eigenvalue weighted by atomic mass is 9.82. The number of alkyl halides is 6. The molecule has 0 radical (unpaired) electrons. The zero-order valence-corrected chi connectivity index (χ0v) is 19.6. The Morgan fingerprint density at radius 3 is 2.37 bits per heavy atom. The van der Waals surface area contributed by atoms with Crippen LogP contribution in [0, 0.1) is 11.3 Å². The first-order valence-electron chi connectivity index (χ1n) is 10.6. The Morgan fingerprint density at radius 2 is 1.79 bits per heavy atom. The van der Waals surface area contributed by atoms with Crippen molar-refractivity contribution in [3.63, 3.8) is 0 Å². The molecule has 4 aromatic rings. The molecule has 0 aliphatic heterocycles. The molecule has 0 spiro atoms. The summed E-state index contributed by atoms with van der Waals surface area (Å²) in [7, 11) is 2.64. The fraction of sp³-hybridized carbons (Fsp3) is 0.250. The summed E-state index contributed by atoms with van der Waals surface area (Å²) < 4.78 is 90.1. The fourth-order valence-electron chi connectivity index (χ4n) is 3.96. The van der Waals surface area contributed by atoms with Crippen LogP contribution >= 0.6 is 0 Å². The number of aryl methyl sites for hydroxylation is 1. The minimum Gasteiger partial charge on any atom is -0.478 e. The van der Waals surface area contributed by atoms with Crippen molar-refractivity contribution in [1.82, 2.24) is 19.5 Å². The van der Waals surface area contributed by atoms with Crippen molar-refractivity contribution in [2.45, 2.75) is 18.0 Å². The molecule has 0 unspecified atom stereocenters. The van der Waals surface area contributed by atoms with Gasteiger partial charge in [0, 0.05) is 18.6 Å². The molecule has 14 heteroatoms. The van der Waals surface area contributed by atoms with Gasteiger partial charge in [-0.25, -0.2) is 9.97 Å². The molecule has 0 saturated carbocycles. The lowest BCUT2D eigenvalue weighted by Gasteiger charge is -2.30. The molecule has 4 rings (SSSR count). The maximum absolute atomic E-state index is 13.4. The predicted octanol–water partition coefficient (Wildman–Crippen LogP) is 4.49. The zero-order chi connectivity index (χ0) is 27.9. The van der Waals surface area contributed by atoms with Crippen LogP contribution in [0.1, 0.15) is 28.1 Å². The molecule has 0 fully saturated rings. The molecule has 1 atom stereocenters. The Labute approximate surface area is 210 Å². The number of benzene rings is 1. The van der Waals surface area contributed by atoms with Gasteiger partial charge in [-0.15, -0.1) is 0 Å². The number of ether oxygens (including phenoxy) is 2. The quantitative estimate of drug-likeness (QED) is 0.362. The standard InChI is InChI=1S/C24H17F6N5O3/c1-35-12-32-10-19(35)23(36,14-5-6-33-18(8-14)24(28,29)30)13-3-4-17-15(7-13)16(9-31)20(21(34-17)37-2)38-11-22(25,26)27/h3-8,10,12,36H,11H2,1-2H3/t23-/m1/s1. The van der Waals surface area contributed by atoms with Gasteiger partial charge in [-0.2, -0.15) is 31.6 Å². The van der Waals surface area contributed by atoms with Crippen molar-refractivity contribution in [3.05, 3.63) is 77.1 Å². The van der Waals surface area contributed by atoms with Gasteiger partial charge in [-0.05, 0) is 35.4 Å². The number of halogens is 6. The van der Waals surface area contributed by atoms with Crippen molar-refractivity contribution in [2.75, 3.05) is 13.7 Å². The van der Waals surface area contributed by atoms with Crippen LogP contribution in [-0.2, 0) is 18.8 Å². The number of hydrogen-bond donors (Lipinski definition) is 1. The van der Waals surface area contributed by atoms with Crippen LogP contribution in [0.15, 0.2) is 49.1 Å². The van der Waals surface area contributed by atoms with E-state index in [0.29, 0.717) is 6.07 Å². The predicted molar refractivity (Wildman–Crippen MR) is 119 cm³/mol. The Bertz CT molecular complexity index is 1540. The van der Waals surface area contributed by atoms with E-state index in [4.69, 9.17) is 9.47 Å². The van der Waals surface area contributed by atoms with Crippen LogP contribution in [0.3, 0.4) is 0 Å². The minimum atomic E-state index is -4.81. The maximum Gasteiger partial charge on any atom is 0.433 e. The Kier molecular flexibility index (Phi) is 6.66. The monoisotopic (exact) mass is 537 g/mol. The Balaban J connectivity index is 2.00. The zero-order valence-electron chi connectivity index (χ0n) is 19.6. The highest BCUT2D eigenvalue weighted by Crippen LogP contribution is 2.42. The summed E-state index contributed by atoms with van der Waals surface area (Å²) in [6, 6.07) is 7.56. The van der Waals surface area contributed by atoms with Gasteiger partial charge in [-0.3, -0.25) is 4.98 Å². The lowest BCUT2D eigenvalue weighted by Crippen LogP contribution is -2.31. The van der Waals surface area contributed by atoms with Gasteiger partial charge in [0.1, 0.15) is 17.3 Å². The van der Waals surface area contributed by atoms with Gasteiger partial charge in [0.15, 0.2) is 18.0 Å². The molecule has 38 heavy (non-hydrogen) atoms. The SMILES string of the molecule is COc1nc2ccc([C@@](O)(c3ccnc(C(F)(F)F)c3)c3cncn3C)cc2c(C#N)c1OCC(F)(F)F. The first kappa shape index (κ1) is 26.7. The van der Waals surface area contributed by atoms with Crippen LogP contribution in [0.2, 0.25) is 0 Å². The third-order valence-corrected chi connectivity index (χ3v) is 5.67. The van der Waals surface area contributed by atoms with Crippen LogP contribution in [0.5, 0.6) is 11.6 Å². The molecule has 3 heterocycles. The van der Waals surface area contributed by atoms with Crippen LogP contribution in [0.25, 0.3) is 10.9 Å². The molecule has 198 valence electrons. The highest BCUT2D eigenvalue weighted by molar-refractivity contribution is 5.89. The summed E-state index contributed by atoms with van der Waals surface area (Å²) in [5, 5.41) is 21.8. The Hall–Kier alpha value is -4.38. The summed E-state index contributed by atoms with van der Waals surface area (Å²) in [5.74, 6) is -0.957. The molecule has 0 aliphatic carbocycles. The summed E-state index contributed by atoms with van der Waals surface area (Å²) >= 11 is 0. The minimum absolute atomic E-state index is 0.0295. The van der Waals surface area contributed by atoms with Crippen LogP contribution in [-0.4, -0.2) is 44.5 Å². The van der Waals surface area contributed by atoms with Crippen molar-refractivity contribution in [1.29, 1.82) is 5.26 Å². The highest BCUT2D eigenvalue weighted by atomic mass is 19.4. The smallest absolute Gasteiger partial charge is 0.433 e. The first-order valence-corrected chi connectivity index (χ1v) is 10.6. The topological polar surface area (TPSA) is 106 Å². The molecule has 0 bridgehead atoms. The normalized spacial score (nSPS) is 13.7. The molecular formula is C24H17F6N5O3. The van der Waals surface area contributed by atoms with Gasteiger partial charge in [0.2, 0.25) is 0 Å². The first-order chi connectivity index (χ1) is 17.8. The van der Waals surface area contributed by atoms with Crippen LogP contribution < -0.4 is 9.47 Å². The number of rotatable bonds is 6. The van der Waals surface area contributed by atoms with Crippen molar-refractivity contribution < 1.29 is 40.9 Å². The second-order valence-corrected chi connectivity index (χ2v) is 8.10. The molecule has 0 aliphatic rings. The molecule has 0 amide bonds. The molecule has 3 aromatic heterocycles. The number of aliphatic hydroxyl groups is 1. The van der Waals surface area contributed by atoms with E-state index in [2.05, 4.69) is 15.0 Å². The van der Waals surface area contributed by atoms with E-state index in [9.17, 15) is 36.7 Å². The van der Waals surface area contributed by atoms with E-state index < -0.39 is 36.0 Å². The van der Waals surface area contributed by atoms with E-state index in [1.807, 2.05) is 0 Å². The number of nitriles is 1. The molecule has 8 nitrogen and oxygen atoms in total. The molecule has 0 saturated heterocycles. The van der Waals surface area contributed by atoms with Gasteiger partial charge < -0.3 is 19.1 Å². The van der Waals surface area contributed by atoms with Gasteiger partial charge in [-0.1, -0.05) is 6.07 Å². The third kappa shape index (κ3) is 4.80. The van der Waals surface area contributed by atoms with E-state index in [0.717, 1.165) is 13.3 Å². The summed E-state index contributed by atoms with van der Waals surface area (Å²) in [6.07, 6.45) is -6.09. The van der Waals surface area contributed by atoms with Crippen molar-refractivity contribution >= 4 is 10.9 Å². The van der Waals surface area contributed by atoms with Crippen LogP contribution in [0.4, 0.5) is 26.3 Å². The molecule has 1 N–H and O–H groups in total. The summed E-state index contributed by atoms with van der Waals surface area (Å²) in [4.78, 5) is 11.4. The molecular weight excluding hydrogens is 520 g/mol. The number of imidazole rings is 1. The van der Waals surface area contributed by atoms with E-state index >= 15 is 0 Å². The highest BCUT2D eigenvalue weighted by Gasteiger charge is 2.40. The summed E-state index contributed by atoms with van der Waals surface area (Å²) in [6.45, 7) is -1.74. The number of fused-ring (bicyclic) bond motifs is 1.